The molecule has 2 aliphatic rings. The number of fused-ring (bicyclic) bond motifs is 1. The lowest BCUT2D eigenvalue weighted by Gasteiger charge is -2.36. The first-order valence-corrected chi connectivity index (χ1v) is 6.19. The van der Waals surface area contributed by atoms with Gasteiger partial charge < -0.3 is 5.11 Å². The fourth-order valence-corrected chi connectivity index (χ4v) is 2.77. The Hall–Kier alpha value is -1.64. The Bertz CT molecular complexity index is 532. The van der Waals surface area contributed by atoms with Crippen LogP contribution in [0.4, 0.5) is 0 Å². The van der Waals surface area contributed by atoms with Crippen LogP contribution in [0.3, 0.4) is 0 Å². The van der Waals surface area contributed by atoms with Crippen LogP contribution in [-0.2, 0) is 9.59 Å². The summed E-state index contributed by atoms with van der Waals surface area (Å²) in [6.07, 6.45) is 3.68. The highest BCUT2D eigenvalue weighted by atomic mass is 16.3. The van der Waals surface area contributed by atoms with Crippen LogP contribution < -0.4 is 0 Å². The molecule has 0 saturated heterocycles. The lowest BCUT2D eigenvalue weighted by atomic mass is 9.66. The summed E-state index contributed by atoms with van der Waals surface area (Å²) in [4.78, 5) is 23.9. The molecule has 0 bridgehead atoms. The van der Waals surface area contributed by atoms with Crippen LogP contribution in [-0.4, -0.2) is 16.7 Å². The molecule has 18 heavy (non-hydrogen) atoms. The Morgan fingerprint density at radius 2 is 1.94 bits per heavy atom. The van der Waals surface area contributed by atoms with E-state index in [0.29, 0.717) is 12.0 Å². The predicted molar refractivity (Wildman–Crippen MR) is 69.1 cm³/mol. The Kier molecular flexibility index (Phi) is 2.80. The Labute approximate surface area is 107 Å². The highest BCUT2D eigenvalue weighted by Gasteiger charge is 2.40. The highest BCUT2D eigenvalue weighted by molar-refractivity contribution is 6.10. The number of hydrogen-bond acceptors (Lipinski definition) is 3. The summed E-state index contributed by atoms with van der Waals surface area (Å²) in [5, 5.41) is 9.66. The number of rotatable bonds is 1. The van der Waals surface area contributed by atoms with Gasteiger partial charge in [0.25, 0.3) is 0 Å². The van der Waals surface area contributed by atoms with Gasteiger partial charge in [0, 0.05) is 17.4 Å². The normalized spacial score (nSPS) is 28.3. The molecule has 0 fully saturated rings. The topological polar surface area (TPSA) is 54.4 Å². The van der Waals surface area contributed by atoms with Crippen LogP contribution >= 0.6 is 0 Å². The smallest absolute Gasteiger partial charge is 0.222 e. The molecular weight excluding hydrogens is 228 g/mol. The maximum absolute atomic E-state index is 12.1. The molecule has 3 nitrogen and oxygen atoms in total. The van der Waals surface area contributed by atoms with Gasteiger partial charge in [-0.3, -0.25) is 9.59 Å². The van der Waals surface area contributed by atoms with Gasteiger partial charge in [0.1, 0.15) is 0 Å². The summed E-state index contributed by atoms with van der Waals surface area (Å²) in [7, 11) is 0. The SMILES string of the molecule is CC1=C2C=C(C(C)C)C(=O)C[C@@]2(C)C=C(O)C1=O. The van der Waals surface area contributed by atoms with Crippen molar-refractivity contribution in [2.45, 2.75) is 34.1 Å². The molecule has 96 valence electrons. The Morgan fingerprint density at radius 3 is 2.50 bits per heavy atom. The van der Waals surface area contributed by atoms with Gasteiger partial charge in [-0.25, -0.2) is 0 Å². The minimum Gasteiger partial charge on any atom is -0.504 e. The zero-order valence-electron chi connectivity index (χ0n) is 11.2. The number of allylic oxidation sites excluding steroid dienone is 5. The zero-order chi connectivity index (χ0) is 13.7. The number of carbonyl (C=O) groups is 2. The summed E-state index contributed by atoms with van der Waals surface area (Å²) >= 11 is 0. The quantitative estimate of drug-likeness (QED) is 0.774. The average molecular weight is 246 g/mol. The number of aliphatic hydroxyl groups is 1. The van der Waals surface area contributed by atoms with Gasteiger partial charge in [0.2, 0.25) is 5.78 Å². The van der Waals surface area contributed by atoms with Crippen LogP contribution in [0.2, 0.25) is 0 Å². The molecule has 3 heteroatoms. The third-order valence-electron chi connectivity index (χ3n) is 3.82. The van der Waals surface area contributed by atoms with Gasteiger partial charge in [-0.1, -0.05) is 26.8 Å². The van der Waals surface area contributed by atoms with Crippen molar-refractivity contribution in [2.24, 2.45) is 11.3 Å². The second kappa shape index (κ2) is 3.94. The van der Waals surface area contributed by atoms with E-state index in [1.54, 1.807) is 6.92 Å². The van der Waals surface area contributed by atoms with Gasteiger partial charge in [-0.15, -0.1) is 0 Å². The second-order valence-corrected chi connectivity index (χ2v) is 5.67. The first-order chi connectivity index (χ1) is 8.26. The van der Waals surface area contributed by atoms with E-state index in [1.807, 2.05) is 26.8 Å². The van der Waals surface area contributed by atoms with Crippen LogP contribution in [0.5, 0.6) is 0 Å². The molecule has 0 heterocycles. The number of Topliss-reactive ketones (excluding diaryl/α,β-unsaturated/α-hetero) is 2. The molecule has 0 spiro atoms. The first-order valence-electron chi connectivity index (χ1n) is 6.19. The van der Waals surface area contributed by atoms with Crippen molar-refractivity contribution < 1.29 is 14.7 Å². The summed E-state index contributed by atoms with van der Waals surface area (Å²) in [5.41, 5.74) is 1.64. The van der Waals surface area contributed by atoms with Crippen molar-refractivity contribution in [2.75, 3.05) is 0 Å². The van der Waals surface area contributed by atoms with Gasteiger partial charge >= 0.3 is 0 Å². The average Bonchev–Trinajstić information content (AvgIpc) is 2.24. The van der Waals surface area contributed by atoms with E-state index < -0.39 is 5.41 Å². The maximum Gasteiger partial charge on any atom is 0.222 e. The largest absolute Gasteiger partial charge is 0.504 e. The van der Waals surface area contributed by atoms with E-state index in [0.717, 1.165) is 11.1 Å². The minimum absolute atomic E-state index is 0.0995. The monoisotopic (exact) mass is 246 g/mol. The third kappa shape index (κ3) is 1.74. The highest BCUT2D eigenvalue weighted by Crippen LogP contribution is 2.45. The molecular formula is C15H18O3. The maximum atomic E-state index is 12.1. The summed E-state index contributed by atoms with van der Waals surface area (Å²) in [6, 6.07) is 0. The molecule has 0 aromatic heterocycles. The summed E-state index contributed by atoms with van der Waals surface area (Å²) in [5.74, 6) is -0.330. The molecule has 0 saturated carbocycles. The van der Waals surface area contributed by atoms with Crippen LogP contribution in [0.25, 0.3) is 0 Å². The molecule has 0 radical (unpaired) electrons. The molecule has 0 aromatic rings. The van der Waals surface area contributed by atoms with E-state index in [-0.39, 0.29) is 23.2 Å². The molecule has 0 amide bonds. The van der Waals surface area contributed by atoms with Crippen LogP contribution in [0.15, 0.2) is 34.6 Å². The van der Waals surface area contributed by atoms with Crippen molar-refractivity contribution >= 4 is 11.6 Å². The van der Waals surface area contributed by atoms with Crippen molar-refractivity contribution in [1.82, 2.24) is 0 Å². The molecule has 0 aromatic carbocycles. The lowest BCUT2D eigenvalue weighted by molar-refractivity contribution is -0.118. The fraction of sp³-hybridized carbons (Fsp3) is 0.467. The Balaban J connectivity index is 2.63. The van der Waals surface area contributed by atoms with Crippen molar-refractivity contribution in [3.63, 3.8) is 0 Å². The summed E-state index contributed by atoms with van der Waals surface area (Å²) < 4.78 is 0. The molecule has 1 atom stereocenters. The van der Waals surface area contributed by atoms with E-state index in [4.69, 9.17) is 0 Å². The van der Waals surface area contributed by atoms with Gasteiger partial charge in [-0.2, -0.15) is 0 Å². The van der Waals surface area contributed by atoms with Gasteiger partial charge in [0.05, 0.1) is 0 Å². The van der Waals surface area contributed by atoms with Crippen molar-refractivity contribution in [1.29, 1.82) is 0 Å². The Morgan fingerprint density at radius 1 is 1.33 bits per heavy atom. The zero-order valence-corrected chi connectivity index (χ0v) is 11.2. The molecule has 2 rings (SSSR count). The van der Waals surface area contributed by atoms with Crippen LogP contribution in [0.1, 0.15) is 34.1 Å². The van der Waals surface area contributed by atoms with Gasteiger partial charge in [0.15, 0.2) is 11.5 Å². The third-order valence-corrected chi connectivity index (χ3v) is 3.82. The van der Waals surface area contributed by atoms with Crippen LogP contribution in [0, 0.1) is 11.3 Å². The van der Waals surface area contributed by atoms with Crippen molar-refractivity contribution in [3.05, 3.63) is 34.6 Å². The minimum atomic E-state index is -0.544. The van der Waals surface area contributed by atoms with E-state index >= 15 is 0 Å². The molecule has 2 aliphatic carbocycles. The molecule has 1 N–H and O–H groups in total. The lowest BCUT2D eigenvalue weighted by Crippen LogP contribution is -2.33. The van der Waals surface area contributed by atoms with E-state index in [9.17, 15) is 14.7 Å². The van der Waals surface area contributed by atoms with E-state index in [1.165, 1.54) is 6.08 Å². The number of ketones is 2. The predicted octanol–water partition coefficient (Wildman–Crippen LogP) is 2.89. The fourth-order valence-electron chi connectivity index (χ4n) is 2.77. The van der Waals surface area contributed by atoms with E-state index in [2.05, 4.69) is 0 Å². The first kappa shape index (κ1) is 12.8. The number of aliphatic hydroxyl groups excluding tert-OH is 1. The number of hydrogen-bond donors (Lipinski definition) is 1. The standard InChI is InChI=1S/C15H18O3/c1-8(2)10-5-11-9(3)14(18)13(17)7-15(11,4)6-12(10)16/h5,7-8,17H,6H2,1-4H3/t15-/m0/s1. The van der Waals surface area contributed by atoms with Crippen molar-refractivity contribution in [3.8, 4) is 0 Å². The number of carbonyl (C=O) groups excluding carboxylic acids is 2. The summed E-state index contributed by atoms with van der Waals surface area (Å²) in [6.45, 7) is 7.55. The second-order valence-electron chi connectivity index (χ2n) is 5.67. The molecule has 0 unspecified atom stereocenters. The molecule has 0 aliphatic heterocycles. The van der Waals surface area contributed by atoms with Gasteiger partial charge in [-0.05, 0) is 30.1 Å².